The normalized spacial score (nSPS) is 11.4. The third-order valence-corrected chi connectivity index (χ3v) is 3.60. The molecule has 0 aliphatic rings. The third kappa shape index (κ3) is 5.50. The summed E-state index contributed by atoms with van der Waals surface area (Å²) in [5, 5.41) is 11.5. The van der Waals surface area contributed by atoms with E-state index in [-0.39, 0.29) is 12.5 Å². The number of amides is 2. The Morgan fingerprint density at radius 1 is 1.12 bits per heavy atom. The molecule has 0 bridgehead atoms. The number of quaternary nitrogens is 1. The maximum atomic E-state index is 12.2. The van der Waals surface area contributed by atoms with Gasteiger partial charge in [-0.15, -0.1) is 0 Å². The highest BCUT2D eigenvalue weighted by molar-refractivity contribution is 5.91. The molecule has 0 radical (unpaired) electrons. The lowest BCUT2D eigenvalue weighted by atomic mass is 10.2. The van der Waals surface area contributed by atoms with E-state index in [0.717, 1.165) is 5.75 Å². The average molecular weight is 344 g/mol. The maximum absolute atomic E-state index is 12.2. The van der Waals surface area contributed by atoms with Crippen molar-refractivity contribution in [2.24, 2.45) is 0 Å². The Balaban J connectivity index is 1.98. The van der Waals surface area contributed by atoms with Crippen molar-refractivity contribution in [3.63, 3.8) is 0 Å². The summed E-state index contributed by atoms with van der Waals surface area (Å²) in [4.78, 5) is 24.4. The fraction of sp³-hybridized carbons (Fsp3) is 0.222. The molecule has 0 saturated heterocycles. The molecule has 0 aliphatic heterocycles. The number of rotatable bonds is 7. The molecule has 2 aromatic carbocycles. The second kappa shape index (κ2) is 8.70. The highest BCUT2D eigenvalue weighted by atomic mass is 16.5. The van der Waals surface area contributed by atoms with Crippen molar-refractivity contribution in [1.82, 2.24) is 5.32 Å². The number of hydrogen-bond donors (Lipinski definition) is 3. The quantitative estimate of drug-likeness (QED) is 0.711. The van der Waals surface area contributed by atoms with Crippen LogP contribution in [-0.4, -0.2) is 36.7 Å². The van der Waals surface area contributed by atoms with Crippen molar-refractivity contribution in [3.05, 3.63) is 54.6 Å². The van der Waals surface area contributed by atoms with Gasteiger partial charge in [-0.05, 0) is 36.4 Å². The monoisotopic (exact) mass is 344 g/mol. The van der Waals surface area contributed by atoms with E-state index >= 15 is 0 Å². The Morgan fingerprint density at radius 3 is 2.28 bits per heavy atom. The first-order chi connectivity index (χ1) is 12.0. The van der Waals surface area contributed by atoms with E-state index in [9.17, 15) is 9.59 Å². The van der Waals surface area contributed by atoms with Gasteiger partial charge in [-0.25, -0.2) is 4.79 Å². The third-order valence-electron chi connectivity index (χ3n) is 3.60. The van der Waals surface area contributed by atoms with Crippen LogP contribution in [0.1, 0.15) is 6.42 Å². The Labute approximate surface area is 146 Å². The van der Waals surface area contributed by atoms with Crippen LogP contribution in [0.4, 0.5) is 10.5 Å². The van der Waals surface area contributed by atoms with E-state index in [2.05, 4.69) is 11.1 Å². The minimum Gasteiger partial charge on any atom is -0.481 e. The van der Waals surface area contributed by atoms with Gasteiger partial charge in [-0.1, -0.05) is 18.2 Å². The van der Waals surface area contributed by atoms with E-state index in [1.165, 1.54) is 4.90 Å². The summed E-state index contributed by atoms with van der Waals surface area (Å²) in [6, 6.07) is 15.6. The molecule has 0 saturated carbocycles. The van der Waals surface area contributed by atoms with Gasteiger partial charge in [0.05, 0.1) is 19.0 Å². The van der Waals surface area contributed by atoms with Crippen LogP contribution in [0.3, 0.4) is 0 Å². The van der Waals surface area contributed by atoms with Gasteiger partial charge in [0.2, 0.25) is 0 Å². The summed E-state index contributed by atoms with van der Waals surface area (Å²) in [5.74, 6) is 0.414. The molecule has 2 aromatic rings. The van der Waals surface area contributed by atoms with E-state index in [4.69, 9.17) is 9.84 Å². The molecule has 25 heavy (non-hydrogen) atoms. The second-order valence-electron chi connectivity index (χ2n) is 5.50. The van der Waals surface area contributed by atoms with E-state index in [1.807, 2.05) is 30.3 Å². The minimum absolute atomic E-state index is 0.160. The Kier molecular flexibility index (Phi) is 6.36. The molecule has 0 aliphatic carbocycles. The minimum atomic E-state index is -0.973. The van der Waals surface area contributed by atoms with E-state index < -0.39 is 12.0 Å². The first kappa shape index (κ1) is 18.3. The van der Waals surface area contributed by atoms with Crippen LogP contribution >= 0.6 is 0 Å². The number of benzene rings is 2. The average Bonchev–Trinajstić information content (AvgIpc) is 2.61. The number of carbonyl (C=O) groups excluding carboxylic acids is 1. The molecule has 2 amide bonds. The molecule has 0 aromatic heterocycles. The number of nitrogens with one attached hydrogen (secondary N) is 1. The zero-order valence-electron chi connectivity index (χ0n) is 14.0. The zero-order chi connectivity index (χ0) is 18.2. The lowest BCUT2D eigenvalue weighted by Crippen LogP contribution is -2.61. The van der Waals surface area contributed by atoms with Crippen LogP contribution in [-0.2, 0) is 4.79 Å². The molecule has 0 spiro atoms. The van der Waals surface area contributed by atoms with Crippen molar-refractivity contribution >= 4 is 17.7 Å². The Morgan fingerprint density at radius 2 is 1.72 bits per heavy atom. The number of carbonyl (C=O) groups is 2. The van der Waals surface area contributed by atoms with E-state index in [1.54, 1.807) is 31.3 Å². The molecule has 0 fully saturated rings. The zero-order valence-corrected chi connectivity index (χ0v) is 14.0. The van der Waals surface area contributed by atoms with Gasteiger partial charge in [0.15, 0.2) is 0 Å². The van der Waals surface area contributed by atoms with Crippen LogP contribution in [0.2, 0.25) is 0 Å². The van der Waals surface area contributed by atoms with Gasteiger partial charge in [-0.2, -0.15) is 0 Å². The molecule has 2 rings (SSSR count). The van der Waals surface area contributed by atoms with Crippen molar-refractivity contribution in [2.45, 2.75) is 12.5 Å². The summed E-state index contributed by atoms with van der Waals surface area (Å²) in [6.07, 6.45) is -0.160. The molecular formula is C18H22N3O4+. The molecule has 132 valence electrons. The molecule has 7 heteroatoms. The van der Waals surface area contributed by atoms with Gasteiger partial charge in [-0.3, -0.25) is 9.69 Å². The number of aliphatic carboxylic acids is 1. The van der Waals surface area contributed by atoms with Crippen molar-refractivity contribution in [1.29, 1.82) is 0 Å². The summed E-state index contributed by atoms with van der Waals surface area (Å²) in [5.41, 5.74) is 4.33. The van der Waals surface area contributed by atoms with Gasteiger partial charge in [0.1, 0.15) is 11.5 Å². The fourth-order valence-corrected chi connectivity index (χ4v) is 2.19. The number of carboxylic acids is 1. The summed E-state index contributed by atoms with van der Waals surface area (Å²) < 4.78 is 5.71. The number of nitrogens with zero attached hydrogens (tertiary/aromatic N) is 1. The standard InChI is InChI=1S/C18H21N3O4/c1-21(18(24)20-13(12-19)11-17(22)23)14-7-9-16(10-8-14)25-15-5-3-2-4-6-15/h2-10,13H,11-12,19H2,1H3,(H,20,24)(H,22,23)/p+1/t13-/m1/s1. The van der Waals surface area contributed by atoms with Gasteiger partial charge >= 0.3 is 12.0 Å². The van der Waals surface area contributed by atoms with Crippen LogP contribution in [0.5, 0.6) is 11.5 Å². The fourth-order valence-electron chi connectivity index (χ4n) is 2.19. The smallest absolute Gasteiger partial charge is 0.322 e. The lowest BCUT2D eigenvalue weighted by Gasteiger charge is -2.21. The maximum Gasteiger partial charge on any atom is 0.322 e. The van der Waals surface area contributed by atoms with E-state index in [0.29, 0.717) is 18.0 Å². The summed E-state index contributed by atoms with van der Waals surface area (Å²) in [6.45, 7) is 0.301. The summed E-state index contributed by atoms with van der Waals surface area (Å²) in [7, 11) is 1.61. The van der Waals surface area contributed by atoms with Crippen LogP contribution < -0.4 is 20.7 Å². The second-order valence-corrected chi connectivity index (χ2v) is 5.50. The molecule has 0 heterocycles. The summed E-state index contributed by atoms with van der Waals surface area (Å²) >= 11 is 0. The van der Waals surface area contributed by atoms with Crippen molar-refractivity contribution in [3.8, 4) is 11.5 Å². The Bertz CT molecular complexity index is 704. The number of carboxylic acid groups (broad SMARTS) is 1. The SMILES string of the molecule is CN(C(=O)N[C@@H](C[NH3+])CC(=O)O)c1ccc(Oc2ccccc2)cc1. The van der Waals surface area contributed by atoms with Crippen molar-refractivity contribution in [2.75, 3.05) is 18.5 Å². The highest BCUT2D eigenvalue weighted by Gasteiger charge is 2.19. The largest absolute Gasteiger partial charge is 0.481 e. The molecule has 5 N–H and O–H groups in total. The predicted octanol–water partition coefficient (Wildman–Crippen LogP) is 1.71. The first-order valence-corrected chi connectivity index (χ1v) is 7.88. The predicted molar refractivity (Wildman–Crippen MR) is 93.7 cm³/mol. The number of hydrogen-bond acceptors (Lipinski definition) is 3. The molecule has 7 nitrogen and oxygen atoms in total. The number of ether oxygens (including phenoxy) is 1. The Hall–Kier alpha value is -3.06. The number of urea groups is 1. The molecule has 1 atom stereocenters. The topological polar surface area (TPSA) is 107 Å². The number of anilines is 1. The lowest BCUT2D eigenvalue weighted by molar-refractivity contribution is -0.372. The van der Waals surface area contributed by atoms with Gasteiger partial charge in [0, 0.05) is 12.7 Å². The van der Waals surface area contributed by atoms with Crippen LogP contribution in [0.15, 0.2) is 54.6 Å². The number of para-hydroxylation sites is 1. The molecule has 0 unspecified atom stereocenters. The van der Waals surface area contributed by atoms with Crippen LogP contribution in [0.25, 0.3) is 0 Å². The van der Waals surface area contributed by atoms with Crippen LogP contribution in [0, 0.1) is 0 Å². The van der Waals surface area contributed by atoms with Crippen molar-refractivity contribution < 1.29 is 25.2 Å². The first-order valence-electron chi connectivity index (χ1n) is 7.88. The highest BCUT2D eigenvalue weighted by Crippen LogP contribution is 2.23. The van der Waals surface area contributed by atoms with Gasteiger partial charge in [0.25, 0.3) is 0 Å². The molecular weight excluding hydrogens is 322 g/mol. The van der Waals surface area contributed by atoms with Gasteiger partial charge < -0.3 is 20.9 Å².